The van der Waals surface area contributed by atoms with E-state index in [0.717, 1.165) is 25.5 Å². The molecule has 1 saturated heterocycles. The Kier molecular flexibility index (Phi) is 6.78. The maximum absolute atomic E-state index is 4.85. The topological polar surface area (TPSA) is 55.5 Å². The zero-order chi connectivity index (χ0) is 19.2. The second kappa shape index (κ2) is 9.27. The maximum atomic E-state index is 4.85. The van der Waals surface area contributed by atoms with Gasteiger partial charge in [-0.05, 0) is 58.6 Å². The molecule has 27 heavy (non-hydrogen) atoms. The Hall–Kier alpha value is -2.01. The smallest absolute Gasteiger partial charge is 0.191 e. The lowest BCUT2D eigenvalue weighted by Crippen LogP contribution is -2.49. The molecule has 0 radical (unpaired) electrons. The molecular weight excluding hydrogens is 334 g/mol. The molecule has 148 valence electrons. The summed E-state index contributed by atoms with van der Waals surface area (Å²) < 4.78 is 0. The number of piperidine rings is 1. The van der Waals surface area contributed by atoms with Gasteiger partial charge in [0.05, 0.1) is 0 Å². The standard InChI is InChI=1S/C22H35N5/c1-5-23-22(26-18-11-14-27(15-12-18)16(2)3)24-13-10-19-17(4)25-21-9-7-6-8-20(19)21/h6-9,16,18,25H,5,10-15H2,1-4H3,(H2,23,24,26). The van der Waals surface area contributed by atoms with Crippen LogP contribution < -0.4 is 10.6 Å². The zero-order valence-corrected chi connectivity index (χ0v) is 17.3. The van der Waals surface area contributed by atoms with Gasteiger partial charge in [-0.1, -0.05) is 18.2 Å². The minimum absolute atomic E-state index is 0.521. The van der Waals surface area contributed by atoms with Crippen molar-refractivity contribution in [1.82, 2.24) is 20.5 Å². The van der Waals surface area contributed by atoms with Gasteiger partial charge in [-0.25, -0.2) is 0 Å². The second-order valence-electron chi connectivity index (χ2n) is 7.83. The average Bonchev–Trinajstić information content (AvgIpc) is 2.98. The monoisotopic (exact) mass is 369 g/mol. The van der Waals surface area contributed by atoms with Gasteiger partial charge >= 0.3 is 0 Å². The Morgan fingerprint density at radius 2 is 2.00 bits per heavy atom. The lowest BCUT2D eigenvalue weighted by atomic mass is 10.0. The highest BCUT2D eigenvalue weighted by Gasteiger charge is 2.21. The highest BCUT2D eigenvalue weighted by Crippen LogP contribution is 2.22. The minimum Gasteiger partial charge on any atom is -0.358 e. The van der Waals surface area contributed by atoms with E-state index in [9.17, 15) is 0 Å². The number of aliphatic imine (C=N–C) groups is 1. The highest BCUT2D eigenvalue weighted by atomic mass is 15.2. The van der Waals surface area contributed by atoms with Gasteiger partial charge in [0.25, 0.3) is 0 Å². The van der Waals surface area contributed by atoms with E-state index in [4.69, 9.17) is 4.99 Å². The van der Waals surface area contributed by atoms with Crippen LogP contribution in [0.3, 0.4) is 0 Å². The van der Waals surface area contributed by atoms with Gasteiger partial charge in [0.1, 0.15) is 0 Å². The molecule has 1 aliphatic rings. The first-order chi connectivity index (χ1) is 13.1. The van der Waals surface area contributed by atoms with E-state index in [2.05, 4.69) is 72.5 Å². The number of benzene rings is 1. The summed E-state index contributed by atoms with van der Waals surface area (Å²) in [5.41, 5.74) is 3.86. The molecule has 0 aliphatic carbocycles. The molecule has 3 N–H and O–H groups in total. The SMILES string of the molecule is CCNC(=NCCc1c(C)[nH]c2ccccc12)NC1CCN(C(C)C)CC1. The fraction of sp³-hybridized carbons (Fsp3) is 0.591. The van der Waals surface area contributed by atoms with Crippen LogP contribution in [-0.2, 0) is 6.42 Å². The predicted molar refractivity (Wildman–Crippen MR) is 116 cm³/mol. The van der Waals surface area contributed by atoms with Crippen molar-refractivity contribution in [2.24, 2.45) is 4.99 Å². The molecule has 0 saturated carbocycles. The van der Waals surface area contributed by atoms with Crippen molar-refractivity contribution in [2.45, 2.75) is 59.0 Å². The number of nitrogens with one attached hydrogen (secondary N) is 3. The molecule has 1 aliphatic heterocycles. The molecule has 1 aromatic carbocycles. The number of rotatable bonds is 6. The van der Waals surface area contributed by atoms with Crippen molar-refractivity contribution < 1.29 is 0 Å². The molecule has 5 nitrogen and oxygen atoms in total. The molecule has 0 bridgehead atoms. The van der Waals surface area contributed by atoms with Crippen molar-refractivity contribution in [3.8, 4) is 0 Å². The van der Waals surface area contributed by atoms with Crippen LogP contribution in [0.25, 0.3) is 10.9 Å². The van der Waals surface area contributed by atoms with Crippen LogP contribution in [0.15, 0.2) is 29.3 Å². The van der Waals surface area contributed by atoms with Crippen LogP contribution in [0, 0.1) is 6.92 Å². The van der Waals surface area contributed by atoms with Gasteiger partial charge in [-0.2, -0.15) is 0 Å². The first-order valence-electron chi connectivity index (χ1n) is 10.4. The maximum Gasteiger partial charge on any atom is 0.191 e. The summed E-state index contributed by atoms with van der Waals surface area (Å²) in [5, 5.41) is 8.39. The van der Waals surface area contributed by atoms with Gasteiger partial charge < -0.3 is 20.5 Å². The Labute approximate surface area is 163 Å². The number of nitrogens with zero attached hydrogens (tertiary/aromatic N) is 2. The fourth-order valence-corrected chi connectivity index (χ4v) is 4.01. The lowest BCUT2D eigenvalue weighted by Gasteiger charge is -2.35. The van der Waals surface area contributed by atoms with Crippen molar-refractivity contribution in [3.63, 3.8) is 0 Å². The normalized spacial score (nSPS) is 17.0. The summed E-state index contributed by atoms with van der Waals surface area (Å²) in [6.07, 6.45) is 3.33. The van der Waals surface area contributed by atoms with E-state index in [1.165, 1.54) is 48.1 Å². The summed E-state index contributed by atoms with van der Waals surface area (Å²) in [6, 6.07) is 9.70. The summed E-state index contributed by atoms with van der Waals surface area (Å²) in [7, 11) is 0. The van der Waals surface area contributed by atoms with Gasteiger partial charge in [-0.15, -0.1) is 0 Å². The van der Waals surface area contributed by atoms with Crippen molar-refractivity contribution in [3.05, 3.63) is 35.5 Å². The largest absolute Gasteiger partial charge is 0.358 e. The van der Waals surface area contributed by atoms with E-state index in [1.807, 2.05) is 0 Å². The number of guanidine groups is 1. The third-order valence-electron chi connectivity index (χ3n) is 5.60. The molecule has 1 aromatic heterocycles. The van der Waals surface area contributed by atoms with Gasteiger partial charge in [0.15, 0.2) is 5.96 Å². The third-order valence-corrected chi connectivity index (χ3v) is 5.60. The number of hydrogen-bond acceptors (Lipinski definition) is 2. The molecule has 0 spiro atoms. The number of likely N-dealkylation sites (tertiary alicyclic amines) is 1. The molecule has 0 unspecified atom stereocenters. The molecule has 3 rings (SSSR count). The number of aromatic nitrogens is 1. The number of para-hydroxylation sites is 1. The lowest BCUT2D eigenvalue weighted by molar-refractivity contribution is 0.167. The van der Waals surface area contributed by atoms with Crippen LogP contribution in [0.4, 0.5) is 0 Å². The average molecular weight is 370 g/mol. The molecule has 0 amide bonds. The molecular formula is C22H35N5. The van der Waals surface area contributed by atoms with Gasteiger partial charge in [0, 0.05) is 54.9 Å². The van der Waals surface area contributed by atoms with Gasteiger partial charge in [0.2, 0.25) is 0 Å². The minimum atomic E-state index is 0.521. The van der Waals surface area contributed by atoms with Crippen molar-refractivity contribution >= 4 is 16.9 Å². The molecule has 2 aromatic rings. The summed E-state index contributed by atoms with van der Waals surface area (Å²) in [4.78, 5) is 10.9. The summed E-state index contributed by atoms with van der Waals surface area (Å²) in [6.45, 7) is 12.9. The Bertz CT molecular complexity index is 753. The Morgan fingerprint density at radius 3 is 2.70 bits per heavy atom. The predicted octanol–water partition coefficient (Wildman–Crippen LogP) is 3.45. The zero-order valence-electron chi connectivity index (χ0n) is 17.3. The summed E-state index contributed by atoms with van der Waals surface area (Å²) >= 11 is 0. The second-order valence-corrected chi connectivity index (χ2v) is 7.83. The highest BCUT2D eigenvalue weighted by molar-refractivity contribution is 5.84. The summed E-state index contributed by atoms with van der Waals surface area (Å²) in [5.74, 6) is 0.956. The number of fused-ring (bicyclic) bond motifs is 1. The number of H-pyrrole nitrogens is 1. The molecule has 2 heterocycles. The Morgan fingerprint density at radius 1 is 1.26 bits per heavy atom. The quantitative estimate of drug-likeness (QED) is 0.540. The van der Waals surface area contributed by atoms with E-state index in [0.29, 0.717) is 12.1 Å². The third kappa shape index (κ3) is 5.04. The molecule has 5 heteroatoms. The van der Waals surface area contributed by atoms with Crippen LogP contribution in [0.5, 0.6) is 0 Å². The van der Waals surface area contributed by atoms with Crippen molar-refractivity contribution in [2.75, 3.05) is 26.2 Å². The van der Waals surface area contributed by atoms with Crippen LogP contribution in [0.1, 0.15) is 44.9 Å². The van der Waals surface area contributed by atoms with Crippen molar-refractivity contribution in [1.29, 1.82) is 0 Å². The number of aromatic amines is 1. The number of aryl methyl sites for hydroxylation is 1. The van der Waals surface area contributed by atoms with E-state index >= 15 is 0 Å². The van der Waals surface area contributed by atoms with Crippen LogP contribution in [-0.4, -0.2) is 54.1 Å². The molecule has 1 fully saturated rings. The van der Waals surface area contributed by atoms with Gasteiger partial charge in [-0.3, -0.25) is 4.99 Å². The molecule has 0 atom stereocenters. The van der Waals surface area contributed by atoms with Crippen LogP contribution >= 0.6 is 0 Å². The first-order valence-corrected chi connectivity index (χ1v) is 10.4. The number of hydrogen-bond donors (Lipinski definition) is 3. The Balaban J connectivity index is 1.58. The van der Waals surface area contributed by atoms with Crippen LogP contribution in [0.2, 0.25) is 0 Å². The van der Waals surface area contributed by atoms with E-state index in [-0.39, 0.29) is 0 Å². The van der Waals surface area contributed by atoms with E-state index in [1.54, 1.807) is 0 Å². The first kappa shape index (κ1) is 19.7. The van der Waals surface area contributed by atoms with E-state index < -0.39 is 0 Å². The fourth-order valence-electron chi connectivity index (χ4n) is 4.01.